The second-order valence-corrected chi connectivity index (χ2v) is 7.25. The second-order valence-electron chi connectivity index (χ2n) is 6.30. The van der Waals surface area contributed by atoms with Crippen LogP contribution in [0.4, 0.5) is 0 Å². The summed E-state index contributed by atoms with van der Waals surface area (Å²) in [4.78, 5) is 2.50. The lowest BCUT2D eigenvalue weighted by molar-refractivity contribution is -0.0563. The van der Waals surface area contributed by atoms with Crippen LogP contribution in [0, 0.1) is 11.8 Å². The van der Waals surface area contributed by atoms with Crippen LogP contribution in [-0.2, 0) is 0 Å². The minimum Gasteiger partial charge on any atom is -0.304 e. The van der Waals surface area contributed by atoms with Gasteiger partial charge in [-0.05, 0) is 64.5 Å². The first-order valence-electron chi connectivity index (χ1n) is 5.91. The first-order chi connectivity index (χ1) is 6.51. The number of hydrogen-bond donors (Lipinski definition) is 1. The molecule has 0 radical (unpaired) electrons. The number of thiol groups is 1. The average molecular weight is 211 g/mol. The van der Waals surface area contributed by atoms with E-state index in [1.807, 2.05) is 0 Å². The van der Waals surface area contributed by atoms with E-state index in [1.165, 1.54) is 38.5 Å². The Balaban J connectivity index is 1.96. The van der Waals surface area contributed by atoms with E-state index in [1.54, 1.807) is 0 Å². The van der Waals surface area contributed by atoms with Crippen LogP contribution in [0.2, 0.25) is 0 Å². The van der Waals surface area contributed by atoms with Crippen LogP contribution >= 0.6 is 12.6 Å². The van der Waals surface area contributed by atoms with Gasteiger partial charge in [0.25, 0.3) is 0 Å². The SMILES string of the molecule is CN(C)C12C[C@H]3C[C@@H](CC(S)(C3)C1)C2. The van der Waals surface area contributed by atoms with E-state index in [0.717, 1.165) is 11.8 Å². The molecule has 1 nitrogen and oxygen atoms in total. The highest BCUT2D eigenvalue weighted by atomic mass is 32.1. The third kappa shape index (κ3) is 1.19. The summed E-state index contributed by atoms with van der Waals surface area (Å²) in [7, 11) is 4.54. The fourth-order valence-electron chi connectivity index (χ4n) is 4.69. The molecule has 0 amide bonds. The summed E-state index contributed by atoms with van der Waals surface area (Å²) >= 11 is 4.97. The summed E-state index contributed by atoms with van der Waals surface area (Å²) in [5, 5.41) is 0. The van der Waals surface area contributed by atoms with Gasteiger partial charge in [-0.1, -0.05) is 0 Å². The van der Waals surface area contributed by atoms with E-state index in [2.05, 4.69) is 19.0 Å². The zero-order valence-corrected chi connectivity index (χ0v) is 10.2. The van der Waals surface area contributed by atoms with Crippen LogP contribution in [-0.4, -0.2) is 29.3 Å². The molecule has 4 saturated carbocycles. The first kappa shape index (κ1) is 9.53. The van der Waals surface area contributed by atoms with Crippen LogP contribution in [0.1, 0.15) is 38.5 Å². The summed E-state index contributed by atoms with van der Waals surface area (Å²) in [5.41, 5.74) is 0.520. The molecule has 0 N–H and O–H groups in total. The number of rotatable bonds is 1. The highest BCUT2D eigenvalue weighted by Gasteiger charge is 2.57. The minimum absolute atomic E-state index is 0.397. The molecule has 4 aliphatic carbocycles. The molecule has 80 valence electrons. The molecule has 0 aromatic rings. The molecule has 0 aliphatic heterocycles. The highest BCUT2D eigenvalue weighted by molar-refractivity contribution is 7.81. The Hall–Kier alpha value is 0.310. The zero-order chi connectivity index (χ0) is 9.97. The summed E-state index contributed by atoms with van der Waals surface area (Å²) in [6.07, 6.45) is 8.50. The maximum atomic E-state index is 4.97. The molecule has 4 fully saturated rings. The van der Waals surface area contributed by atoms with E-state index >= 15 is 0 Å². The minimum atomic E-state index is 0.397. The largest absolute Gasteiger partial charge is 0.304 e. The quantitative estimate of drug-likeness (QED) is 0.652. The van der Waals surface area contributed by atoms with E-state index in [4.69, 9.17) is 12.6 Å². The van der Waals surface area contributed by atoms with Crippen LogP contribution in [0.15, 0.2) is 0 Å². The van der Waals surface area contributed by atoms with E-state index < -0.39 is 0 Å². The van der Waals surface area contributed by atoms with Gasteiger partial charge in [0.1, 0.15) is 0 Å². The van der Waals surface area contributed by atoms with Crippen molar-refractivity contribution in [3.63, 3.8) is 0 Å². The van der Waals surface area contributed by atoms with Gasteiger partial charge in [-0.15, -0.1) is 0 Å². The van der Waals surface area contributed by atoms with Crippen LogP contribution in [0.3, 0.4) is 0 Å². The van der Waals surface area contributed by atoms with Crippen molar-refractivity contribution in [3.05, 3.63) is 0 Å². The van der Waals surface area contributed by atoms with Crippen LogP contribution in [0.25, 0.3) is 0 Å². The normalized spacial score (nSPS) is 55.7. The zero-order valence-electron chi connectivity index (χ0n) is 9.29. The van der Waals surface area contributed by atoms with Crippen molar-refractivity contribution >= 4 is 12.6 Å². The summed E-state index contributed by atoms with van der Waals surface area (Å²) in [6.45, 7) is 0. The van der Waals surface area contributed by atoms with Gasteiger partial charge in [0.15, 0.2) is 0 Å². The van der Waals surface area contributed by atoms with Gasteiger partial charge in [-0.3, -0.25) is 0 Å². The molecule has 0 aromatic heterocycles. The van der Waals surface area contributed by atoms with Crippen LogP contribution < -0.4 is 0 Å². The van der Waals surface area contributed by atoms with Gasteiger partial charge < -0.3 is 4.90 Å². The third-order valence-electron chi connectivity index (χ3n) is 4.95. The molecule has 0 aromatic carbocycles. The molecule has 4 bridgehead atoms. The summed E-state index contributed by atoms with van der Waals surface area (Å²) < 4.78 is 0.397. The van der Waals surface area contributed by atoms with Gasteiger partial charge >= 0.3 is 0 Å². The topological polar surface area (TPSA) is 3.24 Å². The summed E-state index contributed by atoms with van der Waals surface area (Å²) in [5.74, 6) is 1.97. The Kier molecular flexibility index (Phi) is 1.84. The smallest absolute Gasteiger partial charge is 0.0221 e. The van der Waals surface area contributed by atoms with Crippen molar-refractivity contribution in [2.45, 2.75) is 48.8 Å². The van der Waals surface area contributed by atoms with Crippen LogP contribution in [0.5, 0.6) is 0 Å². The van der Waals surface area contributed by atoms with E-state index in [9.17, 15) is 0 Å². The Morgan fingerprint density at radius 2 is 1.64 bits per heavy atom. The van der Waals surface area contributed by atoms with Gasteiger partial charge in [0.2, 0.25) is 0 Å². The fourth-order valence-corrected chi connectivity index (χ4v) is 5.50. The highest BCUT2D eigenvalue weighted by Crippen LogP contribution is 2.61. The maximum absolute atomic E-state index is 4.97. The Morgan fingerprint density at radius 3 is 2.07 bits per heavy atom. The maximum Gasteiger partial charge on any atom is 0.0221 e. The Labute approximate surface area is 92.7 Å². The van der Waals surface area contributed by atoms with Crippen molar-refractivity contribution < 1.29 is 0 Å². The predicted octanol–water partition coefficient (Wildman–Crippen LogP) is 2.57. The number of nitrogens with zero attached hydrogens (tertiary/aromatic N) is 1. The van der Waals surface area contributed by atoms with E-state index in [0.29, 0.717) is 10.3 Å². The fraction of sp³-hybridized carbons (Fsp3) is 1.00. The number of hydrogen-bond acceptors (Lipinski definition) is 2. The third-order valence-corrected chi connectivity index (χ3v) is 5.47. The molecule has 0 spiro atoms. The predicted molar refractivity (Wildman–Crippen MR) is 62.8 cm³/mol. The van der Waals surface area contributed by atoms with Gasteiger partial charge in [-0.25, -0.2) is 0 Å². The lowest BCUT2D eigenvalue weighted by Crippen LogP contribution is -2.62. The average Bonchev–Trinajstić information content (AvgIpc) is 1.98. The second kappa shape index (κ2) is 2.70. The lowest BCUT2D eigenvalue weighted by Gasteiger charge is -2.62. The van der Waals surface area contributed by atoms with E-state index in [-0.39, 0.29) is 0 Å². The van der Waals surface area contributed by atoms with Crippen molar-refractivity contribution in [1.29, 1.82) is 0 Å². The molecule has 0 heterocycles. The van der Waals surface area contributed by atoms with Crippen molar-refractivity contribution in [2.24, 2.45) is 11.8 Å². The van der Waals surface area contributed by atoms with Crippen molar-refractivity contribution in [3.8, 4) is 0 Å². The molecular weight excluding hydrogens is 190 g/mol. The van der Waals surface area contributed by atoms with Gasteiger partial charge in [0, 0.05) is 10.3 Å². The molecule has 2 atom stereocenters. The molecule has 4 aliphatic rings. The Bertz CT molecular complexity index is 247. The molecule has 4 rings (SSSR count). The Morgan fingerprint density at radius 1 is 1.07 bits per heavy atom. The summed E-state index contributed by atoms with van der Waals surface area (Å²) in [6, 6.07) is 0. The van der Waals surface area contributed by atoms with Gasteiger partial charge in [0.05, 0.1) is 0 Å². The molecular formula is C12H21NS. The lowest BCUT2D eigenvalue weighted by atomic mass is 9.52. The standard InChI is InChI=1S/C12H21NS/c1-13(2)11-4-9-3-10(5-11)7-12(14,6-9)8-11/h9-10,14H,3-8H2,1-2H3/t9-,10-,11?,12?/m1/s1. The molecule has 0 saturated heterocycles. The molecule has 0 unspecified atom stereocenters. The van der Waals surface area contributed by atoms with Crippen molar-refractivity contribution in [1.82, 2.24) is 4.90 Å². The molecule has 2 heteroatoms. The monoisotopic (exact) mass is 211 g/mol. The van der Waals surface area contributed by atoms with Crippen molar-refractivity contribution in [2.75, 3.05) is 14.1 Å². The first-order valence-corrected chi connectivity index (χ1v) is 6.36. The van der Waals surface area contributed by atoms with Gasteiger partial charge in [-0.2, -0.15) is 12.6 Å². The molecule has 14 heavy (non-hydrogen) atoms.